The second kappa shape index (κ2) is 3.29. The van der Waals surface area contributed by atoms with Crippen LogP contribution in [0.2, 0.25) is 0 Å². The molecule has 70 valence electrons. The van der Waals surface area contributed by atoms with Crippen LogP contribution < -0.4 is 11.5 Å². The molecule has 0 spiro atoms. The molecule has 0 bridgehead atoms. The minimum absolute atomic E-state index is 0.696. The molecule has 1 aromatic carbocycles. The molecule has 0 unspecified atom stereocenters. The third-order valence-corrected chi connectivity index (χ3v) is 2.94. The molecule has 0 amide bonds. The summed E-state index contributed by atoms with van der Waals surface area (Å²) in [4.78, 5) is 0. The first kappa shape index (κ1) is 8.42. The maximum Gasteiger partial charge on any atom is 0.0550 e. The van der Waals surface area contributed by atoms with Crippen LogP contribution in [0.4, 0.5) is 11.4 Å². The van der Waals surface area contributed by atoms with Crippen molar-refractivity contribution in [3.8, 4) is 0 Å². The summed E-state index contributed by atoms with van der Waals surface area (Å²) < 4.78 is 0. The van der Waals surface area contributed by atoms with Crippen molar-refractivity contribution in [3.63, 3.8) is 0 Å². The van der Waals surface area contributed by atoms with E-state index in [9.17, 15) is 0 Å². The fourth-order valence-electron chi connectivity index (χ4n) is 2.11. The van der Waals surface area contributed by atoms with Crippen molar-refractivity contribution in [2.24, 2.45) is 0 Å². The van der Waals surface area contributed by atoms with Gasteiger partial charge in [-0.3, -0.25) is 0 Å². The van der Waals surface area contributed by atoms with Gasteiger partial charge in [-0.05, 0) is 36.5 Å². The largest absolute Gasteiger partial charge is 0.397 e. The van der Waals surface area contributed by atoms with E-state index < -0.39 is 0 Å². The van der Waals surface area contributed by atoms with Crippen LogP contribution >= 0.6 is 0 Å². The van der Waals surface area contributed by atoms with Gasteiger partial charge in [0.1, 0.15) is 0 Å². The quantitative estimate of drug-likeness (QED) is 0.646. The summed E-state index contributed by atoms with van der Waals surface area (Å²) >= 11 is 0. The Kier molecular flexibility index (Phi) is 2.13. The van der Waals surface area contributed by atoms with E-state index in [1.54, 1.807) is 0 Å². The minimum atomic E-state index is 0.696. The lowest BCUT2D eigenvalue weighted by atomic mass is 9.97. The lowest BCUT2D eigenvalue weighted by Gasteiger charge is -2.10. The maximum atomic E-state index is 5.76. The molecule has 0 atom stereocenters. The fourth-order valence-corrected chi connectivity index (χ4v) is 2.11. The van der Waals surface area contributed by atoms with E-state index in [-0.39, 0.29) is 0 Å². The SMILES string of the molecule is Nc1ccc(C2CCCC2)cc1N. The lowest BCUT2D eigenvalue weighted by Crippen LogP contribution is -1.98. The standard InChI is InChI=1S/C11H16N2/c12-10-6-5-9(7-11(10)13)8-3-1-2-4-8/h5-8H,1-4,12-13H2. The first-order valence-corrected chi connectivity index (χ1v) is 4.92. The molecular formula is C11H16N2. The summed E-state index contributed by atoms with van der Waals surface area (Å²) in [7, 11) is 0. The number of nitrogens with two attached hydrogens (primary N) is 2. The van der Waals surface area contributed by atoms with Crippen molar-refractivity contribution >= 4 is 11.4 Å². The zero-order valence-electron chi connectivity index (χ0n) is 7.79. The van der Waals surface area contributed by atoms with Crippen LogP contribution in [-0.4, -0.2) is 0 Å². The summed E-state index contributed by atoms with van der Waals surface area (Å²) in [5.41, 5.74) is 14.2. The third kappa shape index (κ3) is 1.62. The Hall–Kier alpha value is -1.18. The molecule has 2 nitrogen and oxygen atoms in total. The van der Waals surface area contributed by atoms with Crippen molar-refractivity contribution in [1.29, 1.82) is 0 Å². The van der Waals surface area contributed by atoms with Gasteiger partial charge in [0, 0.05) is 0 Å². The summed E-state index contributed by atoms with van der Waals surface area (Å²) in [6, 6.07) is 6.07. The lowest BCUT2D eigenvalue weighted by molar-refractivity contribution is 0.724. The Balaban J connectivity index is 2.25. The molecule has 0 aromatic heterocycles. The van der Waals surface area contributed by atoms with Crippen molar-refractivity contribution in [2.75, 3.05) is 11.5 Å². The van der Waals surface area contributed by atoms with Gasteiger partial charge in [-0.1, -0.05) is 18.9 Å². The highest BCUT2D eigenvalue weighted by atomic mass is 14.7. The van der Waals surface area contributed by atoms with Crippen LogP contribution in [0, 0.1) is 0 Å². The zero-order chi connectivity index (χ0) is 9.26. The molecule has 0 saturated heterocycles. The summed E-state index contributed by atoms with van der Waals surface area (Å²) in [5.74, 6) is 0.725. The van der Waals surface area contributed by atoms with Gasteiger partial charge >= 0.3 is 0 Å². The van der Waals surface area contributed by atoms with E-state index in [1.807, 2.05) is 12.1 Å². The minimum Gasteiger partial charge on any atom is -0.397 e. The Morgan fingerprint density at radius 2 is 1.69 bits per heavy atom. The molecule has 1 aliphatic rings. The van der Waals surface area contributed by atoms with Gasteiger partial charge in [0.2, 0.25) is 0 Å². The Morgan fingerprint density at radius 3 is 2.31 bits per heavy atom. The van der Waals surface area contributed by atoms with Crippen molar-refractivity contribution in [3.05, 3.63) is 23.8 Å². The maximum absolute atomic E-state index is 5.76. The van der Waals surface area contributed by atoms with Crippen molar-refractivity contribution in [1.82, 2.24) is 0 Å². The molecule has 1 fully saturated rings. The van der Waals surface area contributed by atoms with Gasteiger partial charge in [-0.15, -0.1) is 0 Å². The molecule has 4 N–H and O–H groups in total. The summed E-state index contributed by atoms with van der Waals surface area (Å²) in [6.45, 7) is 0. The van der Waals surface area contributed by atoms with Crippen molar-refractivity contribution in [2.45, 2.75) is 31.6 Å². The van der Waals surface area contributed by atoms with Gasteiger partial charge in [0.25, 0.3) is 0 Å². The molecule has 1 aromatic rings. The van der Waals surface area contributed by atoms with Crippen LogP contribution in [0.15, 0.2) is 18.2 Å². The van der Waals surface area contributed by atoms with Crippen LogP contribution in [0.1, 0.15) is 37.2 Å². The van der Waals surface area contributed by atoms with E-state index in [0.29, 0.717) is 5.69 Å². The molecule has 0 heterocycles. The predicted octanol–water partition coefficient (Wildman–Crippen LogP) is 2.51. The molecule has 1 saturated carbocycles. The monoisotopic (exact) mass is 176 g/mol. The number of hydrogen-bond acceptors (Lipinski definition) is 2. The molecule has 0 aliphatic heterocycles. The van der Waals surface area contributed by atoms with Gasteiger partial charge in [0.15, 0.2) is 0 Å². The number of nitrogen functional groups attached to an aromatic ring is 2. The van der Waals surface area contributed by atoms with E-state index in [0.717, 1.165) is 11.6 Å². The first-order chi connectivity index (χ1) is 6.27. The first-order valence-electron chi connectivity index (χ1n) is 4.92. The smallest absolute Gasteiger partial charge is 0.0550 e. The second-order valence-corrected chi connectivity index (χ2v) is 3.87. The second-order valence-electron chi connectivity index (χ2n) is 3.87. The molecule has 0 radical (unpaired) electrons. The molecular weight excluding hydrogens is 160 g/mol. The Labute approximate surface area is 78.9 Å². The number of hydrogen-bond donors (Lipinski definition) is 2. The number of rotatable bonds is 1. The van der Waals surface area contributed by atoms with Crippen molar-refractivity contribution < 1.29 is 0 Å². The molecule has 2 rings (SSSR count). The highest BCUT2D eigenvalue weighted by Gasteiger charge is 2.17. The van der Waals surface area contributed by atoms with E-state index >= 15 is 0 Å². The highest BCUT2D eigenvalue weighted by molar-refractivity contribution is 5.64. The number of benzene rings is 1. The molecule has 13 heavy (non-hydrogen) atoms. The fraction of sp³-hybridized carbons (Fsp3) is 0.455. The van der Waals surface area contributed by atoms with Gasteiger partial charge < -0.3 is 11.5 Å². The third-order valence-electron chi connectivity index (χ3n) is 2.94. The average molecular weight is 176 g/mol. The normalized spacial score (nSPS) is 17.8. The topological polar surface area (TPSA) is 52.0 Å². The van der Waals surface area contributed by atoms with E-state index in [1.165, 1.54) is 31.2 Å². The van der Waals surface area contributed by atoms with E-state index in [4.69, 9.17) is 11.5 Å². The zero-order valence-corrected chi connectivity index (χ0v) is 7.79. The van der Waals surface area contributed by atoms with Crippen LogP contribution in [0.25, 0.3) is 0 Å². The highest BCUT2D eigenvalue weighted by Crippen LogP contribution is 2.35. The van der Waals surface area contributed by atoms with Crippen LogP contribution in [0.3, 0.4) is 0 Å². The average Bonchev–Trinajstić information content (AvgIpc) is 2.62. The predicted molar refractivity (Wildman–Crippen MR) is 56.5 cm³/mol. The Bertz CT molecular complexity index is 301. The Morgan fingerprint density at radius 1 is 1.00 bits per heavy atom. The van der Waals surface area contributed by atoms with Crippen LogP contribution in [-0.2, 0) is 0 Å². The summed E-state index contributed by atoms with van der Waals surface area (Å²) in [6.07, 6.45) is 5.33. The van der Waals surface area contributed by atoms with Crippen LogP contribution in [0.5, 0.6) is 0 Å². The number of anilines is 2. The van der Waals surface area contributed by atoms with Gasteiger partial charge in [-0.25, -0.2) is 0 Å². The van der Waals surface area contributed by atoms with E-state index in [2.05, 4.69) is 6.07 Å². The molecule has 1 aliphatic carbocycles. The van der Waals surface area contributed by atoms with Gasteiger partial charge in [0.05, 0.1) is 11.4 Å². The van der Waals surface area contributed by atoms with Gasteiger partial charge in [-0.2, -0.15) is 0 Å². The summed E-state index contributed by atoms with van der Waals surface area (Å²) in [5, 5.41) is 0. The molecule has 2 heteroatoms.